The van der Waals surface area contributed by atoms with Gasteiger partial charge in [-0.3, -0.25) is 0 Å². The molecule has 1 aliphatic heterocycles. The Labute approximate surface area is 135 Å². The maximum atomic E-state index is 6.13. The van der Waals surface area contributed by atoms with Crippen LogP contribution in [0.3, 0.4) is 0 Å². The van der Waals surface area contributed by atoms with Crippen molar-refractivity contribution in [1.29, 1.82) is 0 Å². The van der Waals surface area contributed by atoms with Crippen LogP contribution in [0, 0.1) is 6.92 Å². The first-order valence-corrected chi connectivity index (χ1v) is 7.67. The van der Waals surface area contributed by atoms with Gasteiger partial charge in [0.2, 0.25) is 0 Å². The average Bonchev–Trinajstić information content (AvgIpc) is 2.88. The second-order valence-electron chi connectivity index (χ2n) is 6.60. The van der Waals surface area contributed by atoms with E-state index in [-0.39, 0.29) is 0 Å². The monoisotopic (exact) mass is 319 g/mol. The maximum Gasteiger partial charge on any atom is 0.500 e. The quantitative estimate of drug-likeness (QED) is 0.793. The highest BCUT2D eigenvalue weighted by molar-refractivity contribution is 6.64. The fraction of sp³-hybridized carbons (Fsp3) is 0.438. The number of hydrogen-bond donors (Lipinski definition) is 0. The Balaban J connectivity index is 2.03. The van der Waals surface area contributed by atoms with Crippen LogP contribution in [-0.2, 0) is 9.31 Å². The summed E-state index contributed by atoms with van der Waals surface area (Å²) in [6, 6.07) is 7.48. The normalized spacial score (nSPS) is 19.6. The zero-order valence-electron chi connectivity index (χ0n) is 13.4. The highest BCUT2D eigenvalue weighted by Crippen LogP contribution is 2.37. The molecule has 0 amide bonds. The fourth-order valence-corrected chi connectivity index (χ4v) is 2.56. The van der Waals surface area contributed by atoms with Gasteiger partial charge in [0, 0.05) is 10.6 Å². The van der Waals surface area contributed by atoms with Crippen LogP contribution < -0.4 is 5.46 Å². The van der Waals surface area contributed by atoms with Gasteiger partial charge in [0.15, 0.2) is 0 Å². The van der Waals surface area contributed by atoms with Crippen LogP contribution in [0.25, 0.3) is 11.3 Å². The minimum Gasteiger partial charge on any atom is -0.399 e. The zero-order valence-corrected chi connectivity index (χ0v) is 14.2. The van der Waals surface area contributed by atoms with Crippen molar-refractivity contribution < 1.29 is 13.8 Å². The standard InChI is InChI=1S/C16H19BClNO3/c1-10-13(17-21-15(2,3)16(4,5)22-17)14(19-20-10)11-6-8-12(18)9-7-11/h6-9H,1-5H3. The lowest BCUT2D eigenvalue weighted by Gasteiger charge is -2.32. The Bertz CT molecular complexity index is 678. The van der Waals surface area contributed by atoms with E-state index in [0.29, 0.717) is 10.8 Å². The summed E-state index contributed by atoms with van der Waals surface area (Å²) < 4.78 is 17.6. The maximum absolute atomic E-state index is 6.13. The second kappa shape index (κ2) is 5.12. The molecule has 1 aliphatic rings. The first kappa shape index (κ1) is 15.6. The molecule has 22 heavy (non-hydrogen) atoms. The van der Waals surface area contributed by atoms with Gasteiger partial charge in [-0.2, -0.15) is 0 Å². The molecule has 2 aromatic rings. The third-order valence-corrected chi connectivity index (χ3v) is 4.77. The van der Waals surface area contributed by atoms with Crippen LogP contribution in [0.1, 0.15) is 33.5 Å². The number of nitrogens with zero attached hydrogens (tertiary/aromatic N) is 1. The van der Waals surface area contributed by atoms with Gasteiger partial charge in [-0.05, 0) is 46.8 Å². The molecule has 0 radical (unpaired) electrons. The molecule has 0 atom stereocenters. The van der Waals surface area contributed by atoms with Crippen LogP contribution in [0.4, 0.5) is 0 Å². The SMILES string of the molecule is Cc1onc(-c2ccc(Cl)cc2)c1B1OC(C)(C)C(C)(C)O1. The molecule has 1 fully saturated rings. The van der Waals surface area contributed by atoms with Gasteiger partial charge in [-0.25, -0.2) is 0 Å². The minimum atomic E-state index is -0.498. The molecule has 0 saturated carbocycles. The molecule has 2 heterocycles. The van der Waals surface area contributed by atoms with E-state index in [4.69, 9.17) is 25.4 Å². The lowest BCUT2D eigenvalue weighted by molar-refractivity contribution is 0.00578. The Morgan fingerprint density at radius 1 is 1.00 bits per heavy atom. The summed E-state index contributed by atoms with van der Waals surface area (Å²) in [6.07, 6.45) is 0. The van der Waals surface area contributed by atoms with Gasteiger partial charge in [-0.15, -0.1) is 0 Å². The Hall–Kier alpha value is -1.30. The summed E-state index contributed by atoms with van der Waals surface area (Å²) in [7, 11) is -0.498. The van der Waals surface area contributed by atoms with E-state index in [1.54, 1.807) is 0 Å². The summed E-state index contributed by atoms with van der Waals surface area (Å²) in [4.78, 5) is 0. The molecule has 6 heteroatoms. The van der Waals surface area contributed by atoms with Crippen molar-refractivity contribution in [3.05, 3.63) is 35.0 Å². The highest BCUT2D eigenvalue weighted by Gasteiger charge is 2.53. The smallest absolute Gasteiger partial charge is 0.399 e. The van der Waals surface area contributed by atoms with E-state index >= 15 is 0 Å². The van der Waals surface area contributed by atoms with Crippen LogP contribution in [0.15, 0.2) is 28.8 Å². The van der Waals surface area contributed by atoms with E-state index in [0.717, 1.165) is 16.7 Å². The van der Waals surface area contributed by atoms with E-state index in [9.17, 15) is 0 Å². The van der Waals surface area contributed by atoms with Crippen LogP contribution >= 0.6 is 11.6 Å². The number of hydrogen-bond acceptors (Lipinski definition) is 4. The van der Waals surface area contributed by atoms with Gasteiger partial charge < -0.3 is 13.8 Å². The summed E-state index contributed by atoms with van der Waals surface area (Å²) in [5, 5.41) is 4.86. The molecule has 0 bridgehead atoms. The third-order valence-electron chi connectivity index (χ3n) is 4.51. The van der Waals surface area contributed by atoms with Crippen LogP contribution in [0.5, 0.6) is 0 Å². The van der Waals surface area contributed by atoms with Crippen LogP contribution in [-0.4, -0.2) is 23.5 Å². The molecule has 1 saturated heterocycles. The van der Waals surface area contributed by atoms with Gasteiger partial charge in [0.1, 0.15) is 11.5 Å². The van der Waals surface area contributed by atoms with Crippen LogP contribution in [0.2, 0.25) is 5.02 Å². The molecule has 0 aliphatic carbocycles. The molecule has 1 aromatic heterocycles. The van der Waals surface area contributed by atoms with Gasteiger partial charge in [0.05, 0.1) is 16.7 Å². The van der Waals surface area contributed by atoms with Gasteiger partial charge >= 0.3 is 7.12 Å². The van der Waals surface area contributed by atoms with Crippen molar-refractivity contribution in [2.24, 2.45) is 0 Å². The second-order valence-corrected chi connectivity index (χ2v) is 7.03. The predicted molar refractivity (Wildman–Crippen MR) is 87.4 cm³/mol. The predicted octanol–water partition coefficient (Wildman–Crippen LogP) is 3.60. The number of aromatic nitrogens is 1. The van der Waals surface area contributed by atoms with Crippen molar-refractivity contribution in [3.63, 3.8) is 0 Å². The Kier molecular flexibility index (Phi) is 3.63. The molecule has 0 N–H and O–H groups in total. The van der Waals surface area contributed by atoms with Crippen molar-refractivity contribution >= 4 is 24.2 Å². The molecule has 0 spiro atoms. The minimum absolute atomic E-state index is 0.404. The topological polar surface area (TPSA) is 44.5 Å². The molecular formula is C16H19BClNO3. The summed E-state index contributed by atoms with van der Waals surface area (Å²) in [6.45, 7) is 9.97. The summed E-state index contributed by atoms with van der Waals surface area (Å²) in [5.74, 6) is 0.698. The first-order valence-electron chi connectivity index (χ1n) is 7.29. The molecular weight excluding hydrogens is 300 g/mol. The lowest BCUT2D eigenvalue weighted by atomic mass is 9.76. The van der Waals surface area contributed by atoms with E-state index in [1.807, 2.05) is 58.9 Å². The highest BCUT2D eigenvalue weighted by atomic mass is 35.5. The molecule has 0 unspecified atom stereocenters. The molecule has 1 aromatic carbocycles. The number of rotatable bonds is 2. The van der Waals surface area contributed by atoms with Crippen molar-refractivity contribution in [1.82, 2.24) is 5.16 Å². The number of benzene rings is 1. The Morgan fingerprint density at radius 3 is 2.09 bits per heavy atom. The molecule has 3 rings (SSSR count). The third kappa shape index (κ3) is 2.47. The van der Waals surface area contributed by atoms with E-state index < -0.39 is 18.3 Å². The Morgan fingerprint density at radius 2 is 1.55 bits per heavy atom. The van der Waals surface area contributed by atoms with Crippen molar-refractivity contribution in [3.8, 4) is 11.3 Å². The average molecular weight is 320 g/mol. The fourth-order valence-electron chi connectivity index (χ4n) is 2.43. The molecule has 116 valence electrons. The number of aryl methyl sites for hydroxylation is 1. The van der Waals surface area contributed by atoms with Gasteiger partial charge in [-0.1, -0.05) is 28.9 Å². The summed E-state index contributed by atoms with van der Waals surface area (Å²) in [5.41, 5.74) is 1.68. The van der Waals surface area contributed by atoms with Gasteiger partial charge in [0.25, 0.3) is 0 Å². The summed E-state index contributed by atoms with van der Waals surface area (Å²) >= 11 is 5.95. The zero-order chi connectivity index (χ0) is 16.1. The van der Waals surface area contributed by atoms with E-state index in [2.05, 4.69) is 5.16 Å². The largest absolute Gasteiger partial charge is 0.500 e. The van der Waals surface area contributed by atoms with E-state index in [1.165, 1.54) is 0 Å². The lowest BCUT2D eigenvalue weighted by Crippen LogP contribution is -2.41. The van der Waals surface area contributed by atoms with Crippen molar-refractivity contribution in [2.75, 3.05) is 0 Å². The van der Waals surface area contributed by atoms with Crippen molar-refractivity contribution in [2.45, 2.75) is 45.8 Å². The number of halogens is 1. The molecule has 4 nitrogen and oxygen atoms in total. The first-order chi connectivity index (χ1) is 10.2.